The lowest BCUT2D eigenvalue weighted by Crippen LogP contribution is -2.45. The summed E-state index contributed by atoms with van der Waals surface area (Å²) < 4.78 is 11.1. The van der Waals surface area contributed by atoms with Crippen molar-refractivity contribution in [1.82, 2.24) is 10.2 Å². The van der Waals surface area contributed by atoms with Crippen LogP contribution < -0.4 is 5.32 Å². The van der Waals surface area contributed by atoms with Gasteiger partial charge in [-0.1, -0.05) is 0 Å². The van der Waals surface area contributed by atoms with Crippen molar-refractivity contribution in [1.29, 1.82) is 0 Å². The fourth-order valence-electron chi connectivity index (χ4n) is 3.30. The highest BCUT2D eigenvalue weighted by molar-refractivity contribution is 5.85. The zero-order chi connectivity index (χ0) is 15.2. The Bertz CT molecular complexity index is 352. The van der Waals surface area contributed by atoms with Crippen LogP contribution in [-0.4, -0.2) is 62.4 Å². The van der Waals surface area contributed by atoms with Crippen LogP contribution in [0.2, 0.25) is 0 Å². The van der Waals surface area contributed by atoms with Crippen LogP contribution in [0.5, 0.6) is 0 Å². The molecule has 23 heavy (non-hydrogen) atoms. The van der Waals surface area contributed by atoms with Crippen molar-refractivity contribution < 1.29 is 14.3 Å². The molecule has 3 rings (SSSR count). The van der Waals surface area contributed by atoms with Gasteiger partial charge >= 0.3 is 0 Å². The smallest absolute Gasteiger partial charge is 0.224 e. The molecule has 0 bridgehead atoms. The first-order valence-electron chi connectivity index (χ1n) is 9.02. The lowest BCUT2D eigenvalue weighted by molar-refractivity contribution is -0.133. The Balaban J connectivity index is 0.00000192. The van der Waals surface area contributed by atoms with E-state index in [1.54, 1.807) is 0 Å². The van der Waals surface area contributed by atoms with Gasteiger partial charge in [-0.2, -0.15) is 0 Å². The Kier molecular flexibility index (Phi) is 8.10. The normalized spacial score (nSPS) is 25.4. The molecule has 0 aromatic rings. The minimum Gasteiger partial charge on any atom is -0.378 e. The second kappa shape index (κ2) is 9.82. The number of nitrogens with one attached hydrogen (secondary N) is 1. The van der Waals surface area contributed by atoms with Crippen LogP contribution in [0.25, 0.3) is 0 Å². The summed E-state index contributed by atoms with van der Waals surface area (Å²) in [5.74, 6) is 1.17. The second-order valence-electron chi connectivity index (χ2n) is 6.97. The lowest BCUT2D eigenvalue weighted by Gasteiger charge is -2.32. The van der Waals surface area contributed by atoms with Gasteiger partial charge in [-0.15, -0.1) is 12.4 Å². The molecule has 1 N–H and O–H groups in total. The Labute approximate surface area is 145 Å². The molecule has 1 atom stereocenters. The van der Waals surface area contributed by atoms with E-state index in [9.17, 15) is 4.79 Å². The predicted octanol–water partition coefficient (Wildman–Crippen LogP) is 1.98. The quantitative estimate of drug-likeness (QED) is 0.683. The van der Waals surface area contributed by atoms with Gasteiger partial charge in [-0.25, -0.2) is 0 Å². The Morgan fingerprint density at radius 1 is 1.17 bits per heavy atom. The molecular formula is C17H31ClN2O3. The topological polar surface area (TPSA) is 50.8 Å². The molecule has 0 radical (unpaired) electrons. The number of rotatable bonds is 8. The fourth-order valence-corrected chi connectivity index (χ4v) is 3.30. The number of nitrogens with zero attached hydrogens (tertiary/aromatic N) is 1. The first-order chi connectivity index (χ1) is 10.8. The third-order valence-electron chi connectivity index (χ3n) is 5.03. The van der Waals surface area contributed by atoms with E-state index in [0.29, 0.717) is 25.7 Å². The summed E-state index contributed by atoms with van der Waals surface area (Å²) in [4.78, 5) is 14.2. The molecule has 134 valence electrons. The van der Waals surface area contributed by atoms with Crippen molar-refractivity contribution in [3.63, 3.8) is 0 Å². The minimum atomic E-state index is 0. The van der Waals surface area contributed by atoms with Crippen LogP contribution in [0.4, 0.5) is 0 Å². The summed E-state index contributed by atoms with van der Waals surface area (Å²) in [6, 6.07) is 0.611. The van der Waals surface area contributed by atoms with E-state index in [4.69, 9.17) is 9.47 Å². The monoisotopic (exact) mass is 346 g/mol. The number of ether oxygens (including phenoxy) is 2. The molecule has 6 heteroatoms. The summed E-state index contributed by atoms with van der Waals surface area (Å²) >= 11 is 0. The first-order valence-corrected chi connectivity index (χ1v) is 9.02. The van der Waals surface area contributed by atoms with Crippen LogP contribution in [0, 0.1) is 5.92 Å². The standard InChI is InChI=1S/C17H30N2O3.ClH/c20-17(7-11-21-13-16-2-1-10-22-16)19-8-5-15(6-9-19)18-12-14-3-4-14;/h14-16,18H,1-13H2;1H. The maximum absolute atomic E-state index is 12.2. The molecule has 1 aliphatic carbocycles. The van der Waals surface area contributed by atoms with E-state index in [0.717, 1.165) is 51.3 Å². The number of carbonyl (C=O) groups excluding carboxylic acids is 1. The Morgan fingerprint density at radius 2 is 1.96 bits per heavy atom. The molecule has 1 saturated carbocycles. The fraction of sp³-hybridized carbons (Fsp3) is 0.941. The average molecular weight is 347 g/mol. The second-order valence-corrected chi connectivity index (χ2v) is 6.97. The van der Waals surface area contributed by atoms with Gasteiger partial charge < -0.3 is 19.7 Å². The highest BCUT2D eigenvalue weighted by atomic mass is 35.5. The van der Waals surface area contributed by atoms with Gasteiger partial charge in [0.1, 0.15) is 0 Å². The number of halogens is 1. The number of amides is 1. The van der Waals surface area contributed by atoms with Crippen molar-refractivity contribution >= 4 is 18.3 Å². The maximum Gasteiger partial charge on any atom is 0.224 e. The highest BCUT2D eigenvalue weighted by Gasteiger charge is 2.25. The van der Waals surface area contributed by atoms with E-state index in [2.05, 4.69) is 5.32 Å². The van der Waals surface area contributed by atoms with Gasteiger partial charge in [0.25, 0.3) is 0 Å². The van der Waals surface area contributed by atoms with Crippen molar-refractivity contribution in [3.8, 4) is 0 Å². The SMILES string of the molecule is Cl.O=C(CCOCC1CCCO1)N1CCC(NCC2CC2)CC1. The molecule has 0 aromatic carbocycles. The van der Waals surface area contributed by atoms with Gasteiger partial charge in [0.15, 0.2) is 0 Å². The van der Waals surface area contributed by atoms with Crippen LogP contribution in [0.3, 0.4) is 0 Å². The molecule has 0 aromatic heterocycles. The van der Waals surface area contributed by atoms with Crippen LogP contribution in [0.15, 0.2) is 0 Å². The van der Waals surface area contributed by atoms with Crippen molar-refractivity contribution in [2.75, 3.05) is 39.5 Å². The summed E-state index contributed by atoms with van der Waals surface area (Å²) in [5, 5.41) is 3.65. The Hall–Kier alpha value is -0.360. The lowest BCUT2D eigenvalue weighted by atomic mass is 10.0. The number of hydrogen-bond acceptors (Lipinski definition) is 4. The molecule has 5 nitrogen and oxygen atoms in total. The highest BCUT2D eigenvalue weighted by Crippen LogP contribution is 2.28. The third kappa shape index (κ3) is 6.57. The molecule has 0 spiro atoms. The summed E-state index contributed by atoms with van der Waals surface area (Å²) in [6.07, 6.45) is 7.97. The number of likely N-dealkylation sites (tertiary alicyclic amines) is 1. The molecule has 3 fully saturated rings. The Morgan fingerprint density at radius 3 is 2.61 bits per heavy atom. The zero-order valence-electron chi connectivity index (χ0n) is 14.0. The minimum absolute atomic E-state index is 0. The molecule has 3 aliphatic rings. The van der Waals surface area contributed by atoms with E-state index < -0.39 is 0 Å². The number of carbonyl (C=O) groups is 1. The third-order valence-corrected chi connectivity index (χ3v) is 5.03. The average Bonchev–Trinajstić information content (AvgIpc) is 3.24. The zero-order valence-corrected chi connectivity index (χ0v) is 14.8. The number of hydrogen-bond donors (Lipinski definition) is 1. The summed E-state index contributed by atoms with van der Waals surface area (Å²) in [5.41, 5.74) is 0. The summed E-state index contributed by atoms with van der Waals surface area (Å²) in [7, 11) is 0. The molecule has 1 amide bonds. The van der Waals surface area contributed by atoms with E-state index in [1.807, 2.05) is 4.90 Å². The number of piperidine rings is 1. The maximum atomic E-state index is 12.2. The first kappa shape index (κ1) is 19.0. The van der Waals surface area contributed by atoms with Gasteiger partial charge in [0, 0.05) is 25.7 Å². The van der Waals surface area contributed by atoms with Gasteiger partial charge in [0.05, 0.1) is 25.7 Å². The van der Waals surface area contributed by atoms with Gasteiger partial charge in [0.2, 0.25) is 5.91 Å². The van der Waals surface area contributed by atoms with E-state index in [-0.39, 0.29) is 24.4 Å². The van der Waals surface area contributed by atoms with Crippen molar-refractivity contribution in [3.05, 3.63) is 0 Å². The van der Waals surface area contributed by atoms with Crippen molar-refractivity contribution in [2.24, 2.45) is 5.92 Å². The summed E-state index contributed by atoms with van der Waals surface area (Å²) in [6.45, 7) is 4.99. The molecular weight excluding hydrogens is 316 g/mol. The van der Waals surface area contributed by atoms with Crippen LogP contribution in [-0.2, 0) is 14.3 Å². The molecule has 2 aliphatic heterocycles. The van der Waals surface area contributed by atoms with Crippen LogP contribution >= 0.6 is 12.4 Å². The molecule has 2 saturated heterocycles. The largest absolute Gasteiger partial charge is 0.378 e. The van der Waals surface area contributed by atoms with E-state index >= 15 is 0 Å². The van der Waals surface area contributed by atoms with Crippen molar-refractivity contribution in [2.45, 2.75) is 57.1 Å². The van der Waals surface area contributed by atoms with E-state index in [1.165, 1.54) is 19.4 Å². The van der Waals surface area contributed by atoms with Gasteiger partial charge in [-0.05, 0) is 51.0 Å². The van der Waals surface area contributed by atoms with Gasteiger partial charge in [-0.3, -0.25) is 4.79 Å². The molecule has 1 unspecified atom stereocenters. The van der Waals surface area contributed by atoms with Crippen LogP contribution in [0.1, 0.15) is 44.9 Å². The predicted molar refractivity (Wildman–Crippen MR) is 92.0 cm³/mol. The molecule has 2 heterocycles.